The fourth-order valence-electron chi connectivity index (χ4n) is 1.36. The molecule has 0 radical (unpaired) electrons. The zero-order valence-corrected chi connectivity index (χ0v) is 10.8. The van der Waals surface area contributed by atoms with Gasteiger partial charge >= 0.3 is 5.97 Å². The number of hydrogen-bond acceptors (Lipinski definition) is 5. The minimum absolute atomic E-state index is 0.0759. The first-order valence-electron chi connectivity index (χ1n) is 5.32. The van der Waals surface area contributed by atoms with Crippen molar-refractivity contribution < 1.29 is 18.3 Å². The Bertz CT molecular complexity index is 601. The predicted octanol–water partition coefficient (Wildman–Crippen LogP) is 2.88. The van der Waals surface area contributed by atoms with Crippen LogP contribution < -0.4 is 5.32 Å². The summed E-state index contributed by atoms with van der Waals surface area (Å²) in [6.07, 6.45) is 0.0759. The molecular weight excluding hydrogens is 274 g/mol. The van der Waals surface area contributed by atoms with Gasteiger partial charge in [-0.1, -0.05) is 0 Å². The fraction of sp³-hybridized carbons (Fsp3) is 0.167. The summed E-state index contributed by atoms with van der Waals surface area (Å²) in [5, 5.41) is 5.02. The number of ether oxygens (including phenoxy) is 1. The SMILES string of the molecule is COC(=O)Cc1csc(Nc2ccc(F)c(F)c2)n1. The van der Waals surface area contributed by atoms with E-state index in [1.807, 2.05) is 0 Å². The second-order valence-corrected chi connectivity index (χ2v) is 4.51. The topological polar surface area (TPSA) is 51.2 Å². The lowest BCUT2D eigenvalue weighted by Gasteiger charge is -2.02. The van der Waals surface area contributed by atoms with Crippen LogP contribution in [0.15, 0.2) is 23.6 Å². The van der Waals surface area contributed by atoms with Gasteiger partial charge in [0, 0.05) is 17.1 Å². The average molecular weight is 284 g/mol. The van der Waals surface area contributed by atoms with Crippen LogP contribution in [-0.4, -0.2) is 18.1 Å². The maximum atomic E-state index is 13.0. The average Bonchev–Trinajstić information content (AvgIpc) is 2.81. The fourth-order valence-corrected chi connectivity index (χ4v) is 2.09. The number of thiazole rings is 1. The number of aromatic nitrogens is 1. The van der Waals surface area contributed by atoms with Gasteiger partial charge in [0.15, 0.2) is 16.8 Å². The third-order valence-corrected chi connectivity index (χ3v) is 3.08. The molecule has 2 rings (SSSR count). The van der Waals surface area contributed by atoms with Gasteiger partial charge in [0.2, 0.25) is 0 Å². The van der Waals surface area contributed by atoms with E-state index in [1.54, 1.807) is 5.38 Å². The van der Waals surface area contributed by atoms with Crippen molar-refractivity contribution in [2.75, 3.05) is 12.4 Å². The molecule has 0 aliphatic heterocycles. The molecular formula is C12H10F2N2O2S. The van der Waals surface area contributed by atoms with Gasteiger partial charge in [0.1, 0.15) is 0 Å². The number of benzene rings is 1. The summed E-state index contributed by atoms with van der Waals surface area (Å²) in [5.74, 6) is -2.22. The maximum absolute atomic E-state index is 13.0. The van der Waals surface area contributed by atoms with Crippen molar-refractivity contribution in [2.45, 2.75) is 6.42 Å². The smallest absolute Gasteiger partial charge is 0.311 e. The van der Waals surface area contributed by atoms with Gasteiger partial charge in [0.05, 0.1) is 19.2 Å². The third kappa shape index (κ3) is 3.47. The summed E-state index contributed by atoms with van der Waals surface area (Å²) in [7, 11) is 1.30. The number of carbonyl (C=O) groups is 1. The van der Waals surface area contributed by atoms with Crippen LogP contribution in [0.2, 0.25) is 0 Å². The molecule has 4 nitrogen and oxygen atoms in total. The number of anilines is 2. The first-order chi connectivity index (χ1) is 9.08. The minimum atomic E-state index is -0.934. The molecule has 2 aromatic rings. The highest BCUT2D eigenvalue weighted by Gasteiger charge is 2.08. The molecule has 1 aromatic heterocycles. The van der Waals surface area contributed by atoms with Gasteiger partial charge in [0.25, 0.3) is 0 Å². The third-order valence-electron chi connectivity index (χ3n) is 2.28. The molecule has 1 N–H and O–H groups in total. The molecule has 0 unspecified atom stereocenters. The predicted molar refractivity (Wildman–Crippen MR) is 67.5 cm³/mol. The second-order valence-electron chi connectivity index (χ2n) is 3.65. The molecule has 0 fully saturated rings. The Morgan fingerprint density at radius 2 is 2.21 bits per heavy atom. The van der Waals surface area contributed by atoms with Gasteiger partial charge in [-0.05, 0) is 12.1 Å². The van der Waals surface area contributed by atoms with Crippen LogP contribution in [0.25, 0.3) is 0 Å². The van der Waals surface area contributed by atoms with Gasteiger partial charge in [-0.3, -0.25) is 4.79 Å². The van der Waals surface area contributed by atoms with Crippen LogP contribution >= 0.6 is 11.3 Å². The highest BCUT2D eigenvalue weighted by atomic mass is 32.1. The summed E-state index contributed by atoms with van der Waals surface area (Å²) in [6.45, 7) is 0. The quantitative estimate of drug-likeness (QED) is 0.877. The molecule has 0 amide bonds. The monoisotopic (exact) mass is 284 g/mol. The van der Waals surface area contributed by atoms with E-state index in [2.05, 4.69) is 15.0 Å². The van der Waals surface area contributed by atoms with Crippen LogP contribution in [0, 0.1) is 11.6 Å². The Kier molecular flexibility index (Phi) is 4.06. The Morgan fingerprint density at radius 3 is 2.89 bits per heavy atom. The lowest BCUT2D eigenvalue weighted by Crippen LogP contribution is -2.04. The minimum Gasteiger partial charge on any atom is -0.469 e. The van der Waals surface area contributed by atoms with Crippen molar-refractivity contribution in [1.29, 1.82) is 0 Å². The van der Waals surface area contributed by atoms with Gasteiger partial charge in [-0.2, -0.15) is 0 Å². The Balaban J connectivity index is 2.07. The van der Waals surface area contributed by atoms with Crippen LogP contribution in [0.3, 0.4) is 0 Å². The number of halogens is 2. The number of esters is 1. The number of rotatable bonds is 4. The molecule has 0 aliphatic carbocycles. The van der Waals surface area contributed by atoms with Crippen molar-refractivity contribution in [3.63, 3.8) is 0 Å². The van der Waals surface area contributed by atoms with Crippen LogP contribution in [0.1, 0.15) is 5.69 Å². The van der Waals surface area contributed by atoms with Gasteiger partial charge in [-0.25, -0.2) is 13.8 Å². The Labute approximate surface area is 112 Å². The van der Waals surface area contributed by atoms with E-state index in [0.29, 0.717) is 16.5 Å². The van der Waals surface area contributed by atoms with Crippen LogP contribution in [0.4, 0.5) is 19.6 Å². The van der Waals surface area contributed by atoms with Crippen molar-refractivity contribution in [1.82, 2.24) is 4.98 Å². The largest absolute Gasteiger partial charge is 0.469 e. The van der Waals surface area contributed by atoms with Crippen LogP contribution in [-0.2, 0) is 16.0 Å². The highest BCUT2D eigenvalue weighted by Crippen LogP contribution is 2.22. The van der Waals surface area contributed by atoms with E-state index in [1.165, 1.54) is 24.5 Å². The summed E-state index contributed by atoms with van der Waals surface area (Å²) < 4.78 is 30.3. The maximum Gasteiger partial charge on any atom is 0.311 e. The second kappa shape index (κ2) is 5.75. The highest BCUT2D eigenvalue weighted by molar-refractivity contribution is 7.13. The number of hydrogen-bond donors (Lipinski definition) is 1. The van der Waals surface area contributed by atoms with E-state index in [-0.39, 0.29) is 12.4 Å². The molecule has 100 valence electrons. The van der Waals surface area contributed by atoms with E-state index in [0.717, 1.165) is 12.1 Å². The molecule has 0 atom stereocenters. The summed E-state index contributed by atoms with van der Waals surface area (Å²) >= 11 is 1.26. The normalized spacial score (nSPS) is 10.3. The first kappa shape index (κ1) is 13.4. The van der Waals surface area contributed by atoms with Crippen molar-refractivity contribution >= 4 is 28.1 Å². The standard InChI is InChI=1S/C12H10F2N2O2S/c1-18-11(17)5-8-6-19-12(16-8)15-7-2-3-9(13)10(14)4-7/h2-4,6H,5H2,1H3,(H,15,16). The molecule has 1 aromatic carbocycles. The molecule has 0 saturated heterocycles. The van der Waals surface area contributed by atoms with E-state index < -0.39 is 11.6 Å². The van der Waals surface area contributed by atoms with E-state index in [4.69, 9.17) is 0 Å². The summed E-state index contributed by atoms with van der Waals surface area (Å²) in [4.78, 5) is 15.2. The summed E-state index contributed by atoms with van der Waals surface area (Å²) in [5.41, 5.74) is 0.944. The lowest BCUT2D eigenvalue weighted by molar-refractivity contribution is -0.139. The van der Waals surface area contributed by atoms with E-state index in [9.17, 15) is 13.6 Å². The number of carbonyl (C=O) groups excluding carboxylic acids is 1. The molecule has 0 spiro atoms. The Morgan fingerprint density at radius 1 is 1.42 bits per heavy atom. The summed E-state index contributed by atoms with van der Waals surface area (Å²) in [6, 6.07) is 3.47. The molecule has 0 saturated carbocycles. The van der Waals surface area contributed by atoms with Gasteiger partial charge in [-0.15, -0.1) is 11.3 Å². The Hall–Kier alpha value is -2.02. The van der Waals surface area contributed by atoms with Crippen LogP contribution in [0.5, 0.6) is 0 Å². The van der Waals surface area contributed by atoms with Crippen molar-refractivity contribution in [3.05, 3.63) is 40.9 Å². The number of methoxy groups -OCH3 is 1. The number of nitrogens with zero attached hydrogens (tertiary/aromatic N) is 1. The zero-order valence-electron chi connectivity index (χ0n) is 9.94. The molecule has 7 heteroatoms. The zero-order chi connectivity index (χ0) is 13.8. The first-order valence-corrected chi connectivity index (χ1v) is 6.19. The molecule has 1 heterocycles. The van der Waals surface area contributed by atoms with Crippen molar-refractivity contribution in [3.8, 4) is 0 Å². The van der Waals surface area contributed by atoms with Crippen molar-refractivity contribution in [2.24, 2.45) is 0 Å². The molecule has 19 heavy (non-hydrogen) atoms. The molecule has 0 bridgehead atoms. The molecule has 0 aliphatic rings. The number of nitrogens with one attached hydrogen (secondary N) is 1. The van der Waals surface area contributed by atoms with Gasteiger partial charge < -0.3 is 10.1 Å². The lowest BCUT2D eigenvalue weighted by atomic mass is 10.3. The van der Waals surface area contributed by atoms with E-state index >= 15 is 0 Å².